The van der Waals surface area contributed by atoms with Crippen LogP contribution in [-0.2, 0) is 4.79 Å². The minimum absolute atomic E-state index is 0.148. The van der Waals surface area contributed by atoms with E-state index in [9.17, 15) is 10.1 Å². The van der Waals surface area contributed by atoms with Gasteiger partial charge in [0.25, 0.3) is 0 Å². The zero-order chi connectivity index (χ0) is 18.7. The number of fused-ring (bicyclic) bond motifs is 1. The Labute approximate surface area is 161 Å². The standard InChI is InChI=1S/C20H18N4O2S/c21-13-20(9-3-4-10-20)24-17(25)12-27-19-14-6-1-2-7-15(14)22-18(23-19)16-8-5-11-26-16/h1-2,5-8,11H,3-4,9-10,12H2,(H,24,25). The fourth-order valence-corrected chi connectivity index (χ4v) is 4.17. The maximum Gasteiger partial charge on any atom is 0.231 e. The predicted molar refractivity (Wildman–Crippen MR) is 103 cm³/mol. The lowest BCUT2D eigenvalue weighted by Gasteiger charge is -2.21. The molecule has 0 aliphatic heterocycles. The molecule has 0 bridgehead atoms. The van der Waals surface area contributed by atoms with Crippen LogP contribution in [0.3, 0.4) is 0 Å². The molecule has 0 unspecified atom stereocenters. The second kappa shape index (κ2) is 7.41. The van der Waals surface area contributed by atoms with E-state index in [0.717, 1.165) is 41.6 Å². The van der Waals surface area contributed by atoms with Gasteiger partial charge in [0.1, 0.15) is 10.6 Å². The monoisotopic (exact) mass is 378 g/mol. The van der Waals surface area contributed by atoms with Gasteiger partial charge in [0.05, 0.1) is 23.6 Å². The smallest absolute Gasteiger partial charge is 0.231 e. The predicted octanol–water partition coefficient (Wildman–Crippen LogP) is 3.93. The van der Waals surface area contributed by atoms with Crippen molar-refractivity contribution in [1.29, 1.82) is 5.26 Å². The summed E-state index contributed by atoms with van der Waals surface area (Å²) in [4.78, 5) is 21.6. The van der Waals surface area contributed by atoms with Crippen LogP contribution < -0.4 is 5.32 Å². The molecule has 4 rings (SSSR count). The molecule has 0 spiro atoms. The van der Waals surface area contributed by atoms with Crippen LogP contribution in [0.25, 0.3) is 22.5 Å². The molecule has 136 valence electrons. The fraction of sp³-hybridized carbons (Fsp3) is 0.300. The van der Waals surface area contributed by atoms with Crippen molar-refractivity contribution < 1.29 is 9.21 Å². The number of nitrogens with zero attached hydrogens (tertiary/aromatic N) is 3. The van der Waals surface area contributed by atoms with Crippen LogP contribution >= 0.6 is 11.8 Å². The van der Waals surface area contributed by atoms with Gasteiger partial charge in [-0.2, -0.15) is 5.26 Å². The van der Waals surface area contributed by atoms with Crippen LogP contribution in [0, 0.1) is 11.3 Å². The highest BCUT2D eigenvalue weighted by molar-refractivity contribution is 8.00. The van der Waals surface area contributed by atoms with E-state index in [4.69, 9.17) is 4.42 Å². The number of rotatable bonds is 5. The van der Waals surface area contributed by atoms with Crippen LogP contribution in [-0.4, -0.2) is 27.2 Å². The molecule has 1 aromatic carbocycles. The summed E-state index contributed by atoms with van der Waals surface area (Å²) >= 11 is 1.35. The maximum atomic E-state index is 12.4. The van der Waals surface area contributed by atoms with E-state index < -0.39 is 5.54 Å². The number of nitrogens with one attached hydrogen (secondary N) is 1. The molecule has 0 saturated heterocycles. The fourth-order valence-electron chi connectivity index (χ4n) is 3.35. The van der Waals surface area contributed by atoms with E-state index in [0.29, 0.717) is 11.6 Å². The second-order valence-corrected chi connectivity index (χ2v) is 7.55. The molecule has 2 aromatic heterocycles. The molecule has 1 aliphatic rings. The Hall–Kier alpha value is -2.85. The van der Waals surface area contributed by atoms with Crippen molar-refractivity contribution in [2.45, 2.75) is 36.2 Å². The van der Waals surface area contributed by atoms with Crippen molar-refractivity contribution >= 4 is 28.6 Å². The van der Waals surface area contributed by atoms with E-state index in [-0.39, 0.29) is 11.7 Å². The Morgan fingerprint density at radius 1 is 1.22 bits per heavy atom. The van der Waals surface area contributed by atoms with Crippen LogP contribution in [0.1, 0.15) is 25.7 Å². The summed E-state index contributed by atoms with van der Waals surface area (Å²) in [5.41, 5.74) is 0.0937. The summed E-state index contributed by atoms with van der Waals surface area (Å²) < 4.78 is 5.42. The molecule has 1 N–H and O–H groups in total. The first-order valence-electron chi connectivity index (χ1n) is 8.85. The second-order valence-electron chi connectivity index (χ2n) is 6.58. The molecule has 6 nitrogen and oxygen atoms in total. The minimum Gasteiger partial charge on any atom is -0.461 e. The maximum absolute atomic E-state index is 12.4. The Morgan fingerprint density at radius 2 is 2.04 bits per heavy atom. The van der Waals surface area contributed by atoms with E-state index in [2.05, 4.69) is 21.4 Å². The Bertz CT molecular complexity index is 1000. The van der Waals surface area contributed by atoms with Gasteiger partial charge in [0.2, 0.25) is 5.91 Å². The van der Waals surface area contributed by atoms with E-state index >= 15 is 0 Å². The zero-order valence-corrected chi connectivity index (χ0v) is 15.5. The lowest BCUT2D eigenvalue weighted by molar-refractivity contribution is -0.119. The minimum atomic E-state index is -0.704. The number of hydrogen-bond acceptors (Lipinski definition) is 6. The van der Waals surface area contributed by atoms with Gasteiger partial charge in [-0.1, -0.05) is 30.0 Å². The van der Waals surface area contributed by atoms with Crippen molar-refractivity contribution in [3.05, 3.63) is 42.7 Å². The van der Waals surface area contributed by atoms with E-state index in [1.54, 1.807) is 12.3 Å². The summed E-state index contributed by atoms with van der Waals surface area (Å²) in [6.45, 7) is 0. The normalized spacial score (nSPS) is 15.5. The summed E-state index contributed by atoms with van der Waals surface area (Å²) in [6.07, 6.45) is 4.98. The molecule has 0 atom stereocenters. The molecule has 0 radical (unpaired) electrons. The van der Waals surface area contributed by atoms with Gasteiger partial charge in [-0.15, -0.1) is 0 Å². The van der Waals surface area contributed by atoms with Crippen molar-refractivity contribution in [3.8, 4) is 17.7 Å². The number of thioether (sulfide) groups is 1. The van der Waals surface area contributed by atoms with Gasteiger partial charge in [-0.25, -0.2) is 9.97 Å². The Balaban J connectivity index is 1.56. The summed E-state index contributed by atoms with van der Waals surface area (Å²) in [6, 6.07) is 13.6. The lowest BCUT2D eigenvalue weighted by atomic mass is 10.0. The van der Waals surface area contributed by atoms with Gasteiger partial charge >= 0.3 is 0 Å². The van der Waals surface area contributed by atoms with Crippen LogP contribution in [0.5, 0.6) is 0 Å². The van der Waals surface area contributed by atoms with Crippen molar-refractivity contribution in [2.75, 3.05) is 5.75 Å². The third-order valence-corrected chi connectivity index (χ3v) is 5.69. The molecule has 7 heteroatoms. The first kappa shape index (κ1) is 17.6. The van der Waals surface area contributed by atoms with Gasteiger partial charge in [-0.3, -0.25) is 4.79 Å². The zero-order valence-electron chi connectivity index (χ0n) is 14.6. The topological polar surface area (TPSA) is 91.8 Å². The molecule has 1 fully saturated rings. The SMILES string of the molecule is N#CC1(NC(=O)CSc2nc(-c3ccco3)nc3ccccc23)CCCC1. The van der Waals surface area contributed by atoms with Crippen LogP contribution in [0.2, 0.25) is 0 Å². The van der Waals surface area contributed by atoms with E-state index in [1.165, 1.54) is 11.8 Å². The van der Waals surface area contributed by atoms with Crippen molar-refractivity contribution in [3.63, 3.8) is 0 Å². The van der Waals surface area contributed by atoms with Gasteiger partial charge in [0, 0.05) is 5.39 Å². The third kappa shape index (κ3) is 3.67. The first-order valence-corrected chi connectivity index (χ1v) is 9.83. The largest absolute Gasteiger partial charge is 0.461 e. The van der Waals surface area contributed by atoms with E-state index in [1.807, 2.05) is 30.3 Å². The third-order valence-electron chi connectivity index (χ3n) is 4.70. The molecule has 3 aromatic rings. The average Bonchev–Trinajstić information content (AvgIpc) is 3.38. The lowest BCUT2D eigenvalue weighted by Crippen LogP contribution is -2.45. The highest BCUT2D eigenvalue weighted by Crippen LogP contribution is 2.31. The number of hydrogen-bond donors (Lipinski definition) is 1. The van der Waals surface area contributed by atoms with Crippen LogP contribution in [0.15, 0.2) is 52.1 Å². The number of carbonyl (C=O) groups excluding carboxylic acids is 1. The summed E-state index contributed by atoms with van der Waals surface area (Å²) in [7, 11) is 0. The molecule has 2 heterocycles. The molecule has 1 saturated carbocycles. The number of carbonyl (C=O) groups is 1. The average molecular weight is 378 g/mol. The Morgan fingerprint density at radius 3 is 2.78 bits per heavy atom. The Kier molecular flexibility index (Phi) is 4.82. The number of nitriles is 1. The number of benzene rings is 1. The molecule has 1 aliphatic carbocycles. The number of furan rings is 1. The van der Waals surface area contributed by atoms with Gasteiger partial charge < -0.3 is 9.73 Å². The number of amides is 1. The quantitative estimate of drug-likeness (QED) is 0.534. The van der Waals surface area contributed by atoms with Crippen molar-refractivity contribution in [1.82, 2.24) is 15.3 Å². The van der Waals surface area contributed by atoms with Crippen LogP contribution in [0.4, 0.5) is 0 Å². The molecular formula is C20H18N4O2S. The first-order chi connectivity index (χ1) is 13.2. The number of para-hydroxylation sites is 1. The highest BCUT2D eigenvalue weighted by atomic mass is 32.2. The number of aromatic nitrogens is 2. The van der Waals surface area contributed by atoms with Crippen molar-refractivity contribution in [2.24, 2.45) is 0 Å². The molecule has 1 amide bonds. The van der Waals surface area contributed by atoms with Gasteiger partial charge in [0.15, 0.2) is 11.6 Å². The molecular weight excluding hydrogens is 360 g/mol. The molecule has 27 heavy (non-hydrogen) atoms. The van der Waals surface area contributed by atoms with Gasteiger partial charge in [-0.05, 0) is 43.9 Å². The highest BCUT2D eigenvalue weighted by Gasteiger charge is 2.35. The summed E-state index contributed by atoms with van der Waals surface area (Å²) in [5, 5.41) is 14.0. The summed E-state index contributed by atoms with van der Waals surface area (Å²) in [5.74, 6) is 1.13.